The van der Waals surface area contributed by atoms with Crippen LogP contribution in [0.5, 0.6) is 0 Å². The molecule has 0 aliphatic carbocycles. The van der Waals surface area contributed by atoms with Crippen LogP contribution in [0.4, 0.5) is 4.39 Å². The highest BCUT2D eigenvalue weighted by Crippen LogP contribution is 2.27. The lowest BCUT2D eigenvalue weighted by molar-refractivity contribution is 0.590. The number of hydrogen-bond donors (Lipinski definition) is 1. The molecule has 2 rings (SSSR count). The van der Waals surface area contributed by atoms with Crippen LogP contribution in [0, 0.1) is 5.82 Å². The fourth-order valence-electron chi connectivity index (χ4n) is 1.94. The molecule has 1 unspecified atom stereocenters. The zero-order valence-corrected chi connectivity index (χ0v) is 11.6. The van der Waals surface area contributed by atoms with Crippen LogP contribution in [-0.4, -0.2) is 4.98 Å². The highest BCUT2D eigenvalue weighted by atomic mass is 79.9. The molecule has 0 radical (unpaired) electrons. The lowest BCUT2D eigenvalue weighted by Gasteiger charge is -2.16. The van der Waals surface area contributed by atoms with Gasteiger partial charge in [0.1, 0.15) is 5.82 Å². The van der Waals surface area contributed by atoms with E-state index in [4.69, 9.17) is 5.73 Å². The molecule has 0 spiro atoms. The molecule has 94 valence electrons. The second-order valence-electron chi connectivity index (χ2n) is 4.02. The van der Waals surface area contributed by atoms with Crippen molar-refractivity contribution in [1.82, 2.24) is 4.98 Å². The Balaban J connectivity index is 2.48. The maximum atomic E-state index is 14.0. The Morgan fingerprint density at radius 3 is 2.83 bits per heavy atom. The van der Waals surface area contributed by atoms with Crippen molar-refractivity contribution in [1.29, 1.82) is 0 Å². The minimum absolute atomic E-state index is 0.322. The zero-order chi connectivity index (χ0) is 13.1. The molecular weight excluding hydrogens is 295 g/mol. The fraction of sp³-hybridized carbons (Fsp3) is 0.214. The molecule has 18 heavy (non-hydrogen) atoms. The van der Waals surface area contributed by atoms with Crippen molar-refractivity contribution < 1.29 is 4.39 Å². The summed E-state index contributed by atoms with van der Waals surface area (Å²) in [4.78, 5) is 4.29. The lowest BCUT2D eigenvalue weighted by atomic mass is 9.99. The second-order valence-corrected chi connectivity index (χ2v) is 4.88. The quantitative estimate of drug-likeness (QED) is 0.941. The summed E-state index contributed by atoms with van der Waals surface area (Å²) in [6.45, 7) is 2.03. The van der Waals surface area contributed by atoms with E-state index in [1.165, 1.54) is 0 Å². The van der Waals surface area contributed by atoms with Crippen molar-refractivity contribution in [2.45, 2.75) is 19.4 Å². The summed E-state index contributed by atoms with van der Waals surface area (Å²) in [6, 6.07) is 8.42. The summed E-state index contributed by atoms with van der Waals surface area (Å²) in [6.07, 6.45) is 2.51. The average molecular weight is 309 g/mol. The Hall–Kier alpha value is -1.26. The summed E-state index contributed by atoms with van der Waals surface area (Å²) in [5, 5.41) is 0. The van der Waals surface area contributed by atoms with E-state index in [1.807, 2.05) is 19.1 Å². The first-order chi connectivity index (χ1) is 8.65. The smallest absolute Gasteiger partial charge is 0.142 e. The third-order valence-corrected chi connectivity index (χ3v) is 3.53. The van der Waals surface area contributed by atoms with Crippen LogP contribution in [0.25, 0.3) is 0 Å². The van der Waals surface area contributed by atoms with Crippen molar-refractivity contribution in [3.8, 4) is 0 Å². The van der Waals surface area contributed by atoms with Crippen LogP contribution >= 0.6 is 15.9 Å². The largest absolute Gasteiger partial charge is 0.319 e. The number of aromatic nitrogens is 1. The summed E-state index contributed by atoms with van der Waals surface area (Å²) in [5.41, 5.74) is 8.37. The predicted octanol–water partition coefficient (Wildman–Crippen LogP) is 3.59. The van der Waals surface area contributed by atoms with E-state index in [2.05, 4.69) is 20.9 Å². The Kier molecular flexibility index (Phi) is 4.09. The molecule has 1 heterocycles. The van der Waals surface area contributed by atoms with Crippen molar-refractivity contribution in [3.63, 3.8) is 0 Å². The van der Waals surface area contributed by atoms with Crippen LogP contribution in [0.15, 0.2) is 41.0 Å². The van der Waals surface area contributed by atoms with E-state index >= 15 is 0 Å². The highest BCUT2D eigenvalue weighted by Gasteiger charge is 2.18. The van der Waals surface area contributed by atoms with Gasteiger partial charge in [-0.05, 0) is 40.0 Å². The van der Waals surface area contributed by atoms with Gasteiger partial charge >= 0.3 is 0 Å². The molecule has 0 aliphatic heterocycles. The average Bonchev–Trinajstić information content (AvgIpc) is 2.41. The fourth-order valence-corrected chi connectivity index (χ4v) is 2.32. The maximum absolute atomic E-state index is 14.0. The second kappa shape index (κ2) is 5.59. The van der Waals surface area contributed by atoms with Crippen LogP contribution in [0.1, 0.15) is 29.8 Å². The number of nitrogens with two attached hydrogens (primary N) is 1. The third kappa shape index (κ3) is 2.44. The molecule has 1 aromatic heterocycles. The van der Waals surface area contributed by atoms with Gasteiger partial charge in [-0.2, -0.15) is 0 Å². The number of halogens is 2. The van der Waals surface area contributed by atoms with E-state index in [0.29, 0.717) is 10.0 Å². The molecule has 0 saturated heterocycles. The number of rotatable bonds is 3. The first kappa shape index (κ1) is 13.2. The number of nitrogens with zero attached hydrogens (tertiary/aromatic N) is 1. The van der Waals surface area contributed by atoms with Crippen LogP contribution < -0.4 is 5.73 Å². The van der Waals surface area contributed by atoms with E-state index in [9.17, 15) is 4.39 Å². The molecule has 2 aromatic rings. The van der Waals surface area contributed by atoms with E-state index < -0.39 is 6.04 Å². The van der Waals surface area contributed by atoms with Crippen molar-refractivity contribution in [2.75, 3.05) is 0 Å². The monoisotopic (exact) mass is 308 g/mol. The summed E-state index contributed by atoms with van der Waals surface area (Å²) >= 11 is 3.17. The Morgan fingerprint density at radius 1 is 1.33 bits per heavy atom. The molecule has 0 amide bonds. The van der Waals surface area contributed by atoms with Gasteiger partial charge in [0.15, 0.2) is 0 Å². The molecule has 4 heteroatoms. The maximum Gasteiger partial charge on any atom is 0.142 e. The van der Waals surface area contributed by atoms with Crippen LogP contribution in [0.2, 0.25) is 0 Å². The first-order valence-corrected chi connectivity index (χ1v) is 6.57. The molecule has 0 fully saturated rings. The van der Waals surface area contributed by atoms with Crippen LogP contribution in [-0.2, 0) is 6.42 Å². The van der Waals surface area contributed by atoms with Gasteiger partial charge in [0, 0.05) is 11.8 Å². The van der Waals surface area contributed by atoms with Crippen molar-refractivity contribution >= 4 is 15.9 Å². The van der Waals surface area contributed by atoms with Gasteiger partial charge in [0.2, 0.25) is 0 Å². The molecule has 0 saturated carbocycles. The molecule has 1 aromatic carbocycles. The lowest BCUT2D eigenvalue weighted by Crippen LogP contribution is -2.17. The number of aryl methyl sites for hydroxylation is 1. The minimum Gasteiger partial charge on any atom is -0.319 e. The summed E-state index contributed by atoms with van der Waals surface area (Å²) in [7, 11) is 0. The van der Waals surface area contributed by atoms with Crippen LogP contribution in [0.3, 0.4) is 0 Å². The predicted molar refractivity (Wildman–Crippen MR) is 73.7 cm³/mol. The number of pyridine rings is 1. The van der Waals surface area contributed by atoms with Gasteiger partial charge in [-0.3, -0.25) is 4.98 Å². The number of hydrogen-bond acceptors (Lipinski definition) is 2. The van der Waals surface area contributed by atoms with Gasteiger partial charge in [0.25, 0.3) is 0 Å². The van der Waals surface area contributed by atoms with Gasteiger partial charge < -0.3 is 5.73 Å². The molecule has 2 nitrogen and oxygen atoms in total. The molecule has 1 atom stereocenters. The van der Waals surface area contributed by atoms with E-state index in [1.54, 1.807) is 24.4 Å². The van der Waals surface area contributed by atoms with Crippen molar-refractivity contribution in [3.05, 3.63) is 63.6 Å². The first-order valence-electron chi connectivity index (χ1n) is 5.78. The zero-order valence-electron chi connectivity index (χ0n) is 10.0. The highest BCUT2D eigenvalue weighted by molar-refractivity contribution is 9.10. The summed E-state index contributed by atoms with van der Waals surface area (Å²) < 4.78 is 14.4. The normalized spacial score (nSPS) is 12.4. The van der Waals surface area contributed by atoms with Gasteiger partial charge in [-0.15, -0.1) is 0 Å². The standard InChI is InChI=1S/C14H14BrFN2/c1-2-9-5-4-8-18-14(9)13(17)10-6-3-7-11(15)12(10)16/h3-8,13H,2,17H2,1H3. The molecule has 0 bridgehead atoms. The Labute approximate surface area is 114 Å². The van der Waals surface area contributed by atoms with E-state index in [0.717, 1.165) is 17.7 Å². The van der Waals surface area contributed by atoms with Gasteiger partial charge in [-0.1, -0.05) is 25.1 Å². The van der Waals surface area contributed by atoms with E-state index in [-0.39, 0.29) is 5.82 Å². The topological polar surface area (TPSA) is 38.9 Å². The van der Waals surface area contributed by atoms with Crippen molar-refractivity contribution in [2.24, 2.45) is 5.73 Å². The Bertz CT molecular complexity index is 557. The summed E-state index contributed by atoms with van der Waals surface area (Å²) in [5.74, 6) is -0.322. The minimum atomic E-state index is -0.543. The third-order valence-electron chi connectivity index (χ3n) is 2.92. The van der Waals surface area contributed by atoms with Gasteiger partial charge in [-0.25, -0.2) is 4.39 Å². The van der Waals surface area contributed by atoms with Gasteiger partial charge in [0.05, 0.1) is 16.2 Å². The molecular formula is C14H14BrFN2. The Morgan fingerprint density at radius 2 is 2.11 bits per heavy atom. The molecule has 2 N–H and O–H groups in total. The SMILES string of the molecule is CCc1cccnc1C(N)c1cccc(Br)c1F. The molecule has 0 aliphatic rings. The number of benzene rings is 1.